The molecule has 9 heteroatoms. The van der Waals surface area contributed by atoms with E-state index in [1.807, 2.05) is 30.3 Å². The van der Waals surface area contributed by atoms with Gasteiger partial charge in [-0.2, -0.15) is 5.10 Å². The van der Waals surface area contributed by atoms with Crippen LogP contribution in [-0.2, 0) is 9.59 Å². The zero-order chi connectivity index (χ0) is 25.5. The largest absolute Gasteiger partial charge is 0.368 e. The van der Waals surface area contributed by atoms with E-state index in [-0.39, 0.29) is 17.9 Å². The lowest BCUT2D eigenvalue weighted by molar-refractivity contribution is -0.117. The topological polar surface area (TPSA) is 119 Å². The third-order valence-corrected chi connectivity index (χ3v) is 5.11. The average molecular weight is 484 g/mol. The van der Waals surface area contributed by atoms with Gasteiger partial charge in [0, 0.05) is 34.7 Å². The highest BCUT2D eigenvalue weighted by atomic mass is 19.1. The highest BCUT2D eigenvalue weighted by molar-refractivity contribution is 6.03. The van der Waals surface area contributed by atoms with Gasteiger partial charge in [-0.25, -0.2) is 9.07 Å². The molecule has 0 atom stereocenters. The van der Waals surface area contributed by atoms with Crippen LogP contribution in [0.15, 0.2) is 91.1 Å². The van der Waals surface area contributed by atoms with Crippen molar-refractivity contribution >= 4 is 29.5 Å². The summed E-state index contributed by atoms with van der Waals surface area (Å²) in [7, 11) is 0. The van der Waals surface area contributed by atoms with Crippen molar-refractivity contribution in [1.82, 2.24) is 15.1 Å². The molecular formula is C27H22FN5O3. The van der Waals surface area contributed by atoms with Gasteiger partial charge in [0.25, 0.3) is 5.91 Å². The fraction of sp³-hybridized carbons (Fsp3) is 0.0370. The molecule has 4 aromatic rings. The fourth-order valence-corrected chi connectivity index (χ4v) is 3.41. The molecule has 0 spiro atoms. The van der Waals surface area contributed by atoms with Crippen molar-refractivity contribution in [3.05, 3.63) is 108 Å². The van der Waals surface area contributed by atoms with Gasteiger partial charge in [0.2, 0.25) is 11.8 Å². The molecule has 1 aromatic heterocycles. The molecule has 0 saturated heterocycles. The minimum atomic E-state index is -0.659. The van der Waals surface area contributed by atoms with E-state index in [1.165, 1.54) is 24.3 Å². The van der Waals surface area contributed by atoms with Crippen LogP contribution in [-0.4, -0.2) is 34.0 Å². The first-order valence-corrected chi connectivity index (χ1v) is 11.0. The number of benzene rings is 3. The number of amides is 3. The summed E-state index contributed by atoms with van der Waals surface area (Å²) in [6.45, 7) is -0.286. The second kappa shape index (κ2) is 10.9. The number of halogens is 1. The highest BCUT2D eigenvalue weighted by Crippen LogP contribution is 2.25. The van der Waals surface area contributed by atoms with E-state index < -0.39 is 17.7 Å². The summed E-state index contributed by atoms with van der Waals surface area (Å²) in [4.78, 5) is 35.6. The van der Waals surface area contributed by atoms with Crippen LogP contribution in [0.25, 0.3) is 23.0 Å². The monoisotopic (exact) mass is 483 g/mol. The number of anilines is 1. The molecule has 0 bridgehead atoms. The first-order valence-electron chi connectivity index (χ1n) is 11.0. The summed E-state index contributed by atoms with van der Waals surface area (Å²) in [6.07, 6.45) is 4.74. The molecule has 1 heterocycles. The van der Waals surface area contributed by atoms with Crippen molar-refractivity contribution in [2.75, 3.05) is 11.9 Å². The highest BCUT2D eigenvalue weighted by Gasteiger charge is 2.12. The van der Waals surface area contributed by atoms with Crippen molar-refractivity contribution < 1.29 is 18.8 Å². The number of rotatable bonds is 8. The van der Waals surface area contributed by atoms with E-state index in [4.69, 9.17) is 5.73 Å². The van der Waals surface area contributed by atoms with Gasteiger partial charge >= 0.3 is 0 Å². The van der Waals surface area contributed by atoms with Crippen molar-refractivity contribution in [2.45, 2.75) is 0 Å². The summed E-state index contributed by atoms with van der Waals surface area (Å²) in [5.41, 5.74) is 8.46. The van der Waals surface area contributed by atoms with Gasteiger partial charge in [-0.15, -0.1) is 0 Å². The molecule has 180 valence electrons. The van der Waals surface area contributed by atoms with E-state index in [0.29, 0.717) is 22.5 Å². The smallest absolute Gasteiger partial charge is 0.251 e. The van der Waals surface area contributed by atoms with Crippen LogP contribution in [0.4, 0.5) is 10.1 Å². The number of hydrogen-bond acceptors (Lipinski definition) is 4. The number of carbonyl (C=O) groups is 3. The number of nitrogens with zero attached hydrogens (tertiary/aromatic N) is 2. The Morgan fingerprint density at radius 2 is 1.72 bits per heavy atom. The standard InChI is InChI=1S/C27H22FN5O3/c28-21-12-9-18(10-13-21)26-20(17-33(32-26)23-7-2-1-3-8-23)11-14-25(35)31-22-6-4-5-19(15-22)27(36)30-16-24(29)34/h1-15,17H,16H2,(H2,29,34)(H,30,36)(H,31,35)/b14-11+. The van der Waals surface area contributed by atoms with Gasteiger partial charge < -0.3 is 16.4 Å². The normalized spacial score (nSPS) is 10.8. The zero-order valence-corrected chi connectivity index (χ0v) is 19.0. The van der Waals surface area contributed by atoms with E-state index in [0.717, 1.165) is 5.69 Å². The minimum absolute atomic E-state index is 0.265. The maximum atomic E-state index is 13.5. The Morgan fingerprint density at radius 3 is 2.44 bits per heavy atom. The van der Waals surface area contributed by atoms with Gasteiger partial charge in [0.05, 0.1) is 17.9 Å². The van der Waals surface area contributed by atoms with Gasteiger partial charge in [0.15, 0.2) is 0 Å². The van der Waals surface area contributed by atoms with Crippen LogP contribution < -0.4 is 16.4 Å². The van der Waals surface area contributed by atoms with E-state index in [1.54, 1.807) is 47.3 Å². The molecule has 4 rings (SSSR count). The summed E-state index contributed by atoms with van der Waals surface area (Å²) in [5.74, 6) is -1.93. The van der Waals surface area contributed by atoms with Crippen molar-refractivity contribution in [3.63, 3.8) is 0 Å². The lowest BCUT2D eigenvalue weighted by atomic mass is 10.1. The van der Waals surface area contributed by atoms with Crippen LogP contribution in [0.5, 0.6) is 0 Å². The minimum Gasteiger partial charge on any atom is -0.368 e. The first kappa shape index (κ1) is 24.1. The maximum absolute atomic E-state index is 13.5. The molecule has 0 aliphatic heterocycles. The fourth-order valence-electron chi connectivity index (χ4n) is 3.41. The summed E-state index contributed by atoms with van der Waals surface area (Å²) >= 11 is 0. The number of carbonyl (C=O) groups excluding carboxylic acids is 3. The summed E-state index contributed by atoms with van der Waals surface area (Å²) < 4.78 is 15.1. The molecule has 0 aliphatic carbocycles. The number of primary amides is 1. The molecule has 0 unspecified atom stereocenters. The Kier molecular flexibility index (Phi) is 7.30. The van der Waals surface area contributed by atoms with Gasteiger partial charge in [-0.05, 0) is 60.7 Å². The molecule has 0 saturated carbocycles. The Morgan fingerprint density at radius 1 is 0.972 bits per heavy atom. The van der Waals surface area contributed by atoms with Gasteiger partial charge in [-0.3, -0.25) is 14.4 Å². The molecule has 3 amide bonds. The van der Waals surface area contributed by atoms with Gasteiger partial charge in [0.1, 0.15) is 5.82 Å². The Balaban J connectivity index is 1.55. The Hall–Kier alpha value is -5.05. The van der Waals surface area contributed by atoms with Crippen molar-refractivity contribution in [1.29, 1.82) is 0 Å². The number of hydrogen-bond donors (Lipinski definition) is 3. The zero-order valence-electron chi connectivity index (χ0n) is 19.0. The van der Waals surface area contributed by atoms with Crippen molar-refractivity contribution in [3.8, 4) is 16.9 Å². The first-order chi connectivity index (χ1) is 17.4. The van der Waals surface area contributed by atoms with Crippen LogP contribution in [0.1, 0.15) is 15.9 Å². The van der Waals surface area contributed by atoms with Gasteiger partial charge in [-0.1, -0.05) is 24.3 Å². The van der Waals surface area contributed by atoms with Crippen LogP contribution in [0.3, 0.4) is 0 Å². The molecular weight excluding hydrogens is 461 g/mol. The van der Waals surface area contributed by atoms with Crippen LogP contribution in [0.2, 0.25) is 0 Å². The van der Waals surface area contributed by atoms with E-state index in [2.05, 4.69) is 15.7 Å². The molecule has 0 radical (unpaired) electrons. The predicted octanol–water partition coefficient (Wildman–Crippen LogP) is 3.55. The lowest BCUT2D eigenvalue weighted by Crippen LogP contribution is -2.33. The van der Waals surface area contributed by atoms with E-state index in [9.17, 15) is 18.8 Å². The summed E-state index contributed by atoms with van der Waals surface area (Å²) in [5, 5.41) is 9.73. The third-order valence-electron chi connectivity index (χ3n) is 5.11. The molecule has 0 aliphatic rings. The molecule has 3 aromatic carbocycles. The van der Waals surface area contributed by atoms with E-state index >= 15 is 0 Å². The predicted molar refractivity (Wildman–Crippen MR) is 135 cm³/mol. The second-order valence-electron chi connectivity index (χ2n) is 7.77. The molecule has 4 N–H and O–H groups in total. The molecule has 0 fully saturated rings. The molecule has 8 nitrogen and oxygen atoms in total. The number of nitrogens with two attached hydrogens (primary N) is 1. The van der Waals surface area contributed by atoms with Crippen LogP contribution in [0, 0.1) is 5.82 Å². The number of para-hydroxylation sites is 1. The maximum Gasteiger partial charge on any atom is 0.251 e. The van der Waals surface area contributed by atoms with Crippen molar-refractivity contribution in [2.24, 2.45) is 5.73 Å². The number of aromatic nitrogens is 2. The summed E-state index contributed by atoms with van der Waals surface area (Å²) in [6, 6.07) is 21.7. The number of nitrogens with one attached hydrogen (secondary N) is 2. The second-order valence-corrected chi connectivity index (χ2v) is 7.77. The molecule has 36 heavy (non-hydrogen) atoms. The third kappa shape index (κ3) is 6.09. The lowest BCUT2D eigenvalue weighted by Gasteiger charge is -2.06. The quantitative estimate of drug-likeness (QED) is 0.332. The SMILES string of the molecule is NC(=O)CNC(=O)c1cccc(NC(=O)/C=C/c2cn(-c3ccccc3)nc2-c2ccc(F)cc2)c1. The average Bonchev–Trinajstić information content (AvgIpc) is 3.31. The Labute approximate surface area is 206 Å². The van der Waals surface area contributed by atoms with Crippen LogP contribution >= 0.6 is 0 Å². The Bertz CT molecular complexity index is 1430.